The largest absolute Gasteiger partial charge is 0.476 e. The summed E-state index contributed by atoms with van der Waals surface area (Å²) < 4.78 is 1.92. The number of benzene rings is 1. The number of halogens is 1. The first-order chi connectivity index (χ1) is 8.00. The number of aromatic carboxylic acids is 1. The van der Waals surface area contributed by atoms with Crippen LogP contribution in [0.5, 0.6) is 0 Å². The van der Waals surface area contributed by atoms with E-state index in [-0.39, 0.29) is 5.69 Å². The molecule has 0 bridgehead atoms. The molecular formula is C12H11BrN2O2. The molecule has 0 saturated carbocycles. The van der Waals surface area contributed by atoms with Crippen molar-refractivity contribution in [2.24, 2.45) is 7.05 Å². The number of carbonyl (C=O) groups is 1. The van der Waals surface area contributed by atoms with Gasteiger partial charge in [-0.15, -0.1) is 0 Å². The topological polar surface area (TPSA) is 55.1 Å². The molecule has 17 heavy (non-hydrogen) atoms. The van der Waals surface area contributed by atoms with E-state index in [1.165, 1.54) is 0 Å². The highest BCUT2D eigenvalue weighted by Gasteiger charge is 2.19. The molecule has 0 aliphatic heterocycles. The lowest BCUT2D eigenvalue weighted by Crippen LogP contribution is -2.05. The number of carboxylic acid groups (broad SMARTS) is 1. The zero-order valence-corrected chi connectivity index (χ0v) is 11.0. The number of aryl methyl sites for hydroxylation is 1. The normalized spacial score (nSPS) is 10.5. The number of nitrogens with zero attached hydrogens (tertiary/aromatic N) is 2. The lowest BCUT2D eigenvalue weighted by Gasteiger charge is -2.03. The van der Waals surface area contributed by atoms with Gasteiger partial charge in [0.2, 0.25) is 0 Å². The molecule has 1 aromatic carbocycles. The van der Waals surface area contributed by atoms with Crippen molar-refractivity contribution in [1.82, 2.24) is 9.55 Å². The third-order valence-electron chi connectivity index (χ3n) is 2.56. The predicted molar refractivity (Wildman–Crippen MR) is 68.0 cm³/mol. The van der Waals surface area contributed by atoms with E-state index in [9.17, 15) is 4.79 Å². The first-order valence-corrected chi connectivity index (χ1v) is 5.82. The summed E-state index contributed by atoms with van der Waals surface area (Å²) in [5.74, 6) is -0.362. The maximum absolute atomic E-state index is 11.1. The number of rotatable bonds is 2. The van der Waals surface area contributed by atoms with E-state index in [4.69, 9.17) is 5.11 Å². The second-order valence-corrected chi connectivity index (χ2v) is 4.56. The van der Waals surface area contributed by atoms with Crippen molar-refractivity contribution < 1.29 is 9.90 Å². The standard InChI is InChI=1S/C12H11BrN2O2/c1-7-3-5-8(6-4-7)11-14-10(13)9(12(16)17)15(11)2/h3-6H,1-2H3,(H,16,17). The van der Waals surface area contributed by atoms with Crippen LogP contribution in [0.3, 0.4) is 0 Å². The molecule has 4 nitrogen and oxygen atoms in total. The maximum Gasteiger partial charge on any atom is 0.355 e. The Labute approximate surface area is 107 Å². The third-order valence-corrected chi connectivity index (χ3v) is 3.12. The number of aromatic nitrogens is 2. The number of carboxylic acids is 1. The van der Waals surface area contributed by atoms with Gasteiger partial charge >= 0.3 is 5.97 Å². The Kier molecular flexibility index (Phi) is 3.02. The van der Waals surface area contributed by atoms with Crippen molar-refractivity contribution in [2.75, 3.05) is 0 Å². The number of hydrogen-bond acceptors (Lipinski definition) is 2. The summed E-state index contributed by atoms with van der Waals surface area (Å²) in [6, 6.07) is 7.79. The summed E-state index contributed by atoms with van der Waals surface area (Å²) in [6.07, 6.45) is 0. The Bertz CT molecular complexity index is 573. The molecule has 1 N–H and O–H groups in total. The van der Waals surface area contributed by atoms with Gasteiger partial charge < -0.3 is 9.67 Å². The van der Waals surface area contributed by atoms with Crippen LogP contribution in [0, 0.1) is 6.92 Å². The Morgan fingerprint density at radius 3 is 2.41 bits per heavy atom. The molecule has 88 valence electrons. The molecule has 0 atom stereocenters. The van der Waals surface area contributed by atoms with Crippen LogP contribution >= 0.6 is 15.9 Å². The van der Waals surface area contributed by atoms with Crippen LogP contribution in [0.15, 0.2) is 28.9 Å². The van der Waals surface area contributed by atoms with Gasteiger partial charge in [0.1, 0.15) is 10.4 Å². The maximum atomic E-state index is 11.1. The van der Waals surface area contributed by atoms with Crippen LogP contribution in [0.4, 0.5) is 0 Å². The lowest BCUT2D eigenvalue weighted by molar-refractivity contribution is 0.0685. The SMILES string of the molecule is Cc1ccc(-c2nc(Br)c(C(=O)O)n2C)cc1. The molecule has 0 aliphatic carbocycles. The average molecular weight is 295 g/mol. The monoisotopic (exact) mass is 294 g/mol. The van der Waals surface area contributed by atoms with Gasteiger partial charge in [-0.25, -0.2) is 9.78 Å². The molecule has 0 fully saturated rings. The highest BCUT2D eigenvalue weighted by atomic mass is 79.9. The zero-order valence-electron chi connectivity index (χ0n) is 9.44. The van der Waals surface area contributed by atoms with Crippen LogP contribution in [-0.2, 0) is 7.05 Å². The van der Waals surface area contributed by atoms with Gasteiger partial charge in [0.15, 0.2) is 5.69 Å². The van der Waals surface area contributed by atoms with Crippen molar-refractivity contribution in [2.45, 2.75) is 6.92 Å². The minimum Gasteiger partial charge on any atom is -0.476 e. The summed E-state index contributed by atoms with van der Waals surface area (Å²) in [4.78, 5) is 15.3. The van der Waals surface area contributed by atoms with E-state index in [0.717, 1.165) is 11.1 Å². The van der Waals surface area contributed by atoms with Crippen molar-refractivity contribution in [3.05, 3.63) is 40.1 Å². The van der Waals surface area contributed by atoms with Gasteiger partial charge in [0.25, 0.3) is 0 Å². The summed E-state index contributed by atoms with van der Waals surface area (Å²) in [6.45, 7) is 2.00. The highest BCUT2D eigenvalue weighted by molar-refractivity contribution is 9.10. The fraction of sp³-hybridized carbons (Fsp3) is 0.167. The predicted octanol–water partition coefficient (Wildman–Crippen LogP) is 2.86. The summed E-state index contributed by atoms with van der Waals surface area (Å²) in [5.41, 5.74) is 2.20. The molecule has 2 rings (SSSR count). The van der Waals surface area contributed by atoms with Gasteiger partial charge in [-0.3, -0.25) is 0 Å². The summed E-state index contributed by atoms with van der Waals surface area (Å²) in [5, 5.41) is 9.06. The Morgan fingerprint density at radius 1 is 1.35 bits per heavy atom. The molecule has 0 amide bonds. The molecule has 0 spiro atoms. The molecule has 0 saturated heterocycles. The van der Waals surface area contributed by atoms with Gasteiger partial charge in [-0.1, -0.05) is 29.8 Å². The van der Waals surface area contributed by atoms with E-state index in [1.807, 2.05) is 31.2 Å². The van der Waals surface area contributed by atoms with Gasteiger partial charge in [-0.2, -0.15) is 0 Å². The van der Waals surface area contributed by atoms with E-state index >= 15 is 0 Å². The van der Waals surface area contributed by atoms with Crippen molar-refractivity contribution in [3.8, 4) is 11.4 Å². The second kappa shape index (κ2) is 4.33. The van der Waals surface area contributed by atoms with Crippen molar-refractivity contribution in [1.29, 1.82) is 0 Å². The van der Waals surface area contributed by atoms with E-state index < -0.39 is 5.97 Å². The minimum atomic E-state index is -0.995. The van der Waals surface area contributed by atoms with Crippen LogP contribution in [0.1, 0.15) is 16.1 Å². The molecule has 1 aromatic heterocycles. The number of hydrogen-bond donors (Lipinski definition) is 1. The molecule has 5 heteroatoms. The van der Waals surface area contributed by atoms with Crippen molar-refractivity contribution >= 4 is 21.9 Å². The Hall–Kier alpha value is -1.62. The van der Waals surface area contributed by atoms with Crippen LogP contribution in [0.25, 0.3) is 11.4 Å². The first kappa shape index (κ1) is 11.9. The molecule has 1 heterocycles. The Morgan fingerprint density at radius 2 is 1.94 bits per heavy atom. The molecule has 0 aliphatic rings. The fourth-order valence-corrected chi connectivity index (χ4v) is 2.26. The third kappa shape index (κ3) is 2.10. The summed E-state index contributed by atoms with van der Waals surface area (Å²) >= 11 is 3.17. The van der Waals surface area contributed by atoms with Crippen LogP contribution in [0.2, 0.25) is 0 Å². The first-order valence-electron chi connectivity index (χ1n) is 5.03. The summed E-state index contributed by atoms with van der Waals surface area (Å²) in [7, 11) is 1.69. The van der Waals surface area contributed by atoms with Crippen molar-refractivity contribution in [3.63, 3.8) is 0 Å². The molecule has 2 aromatic rings. The average Bonchev–Trinajstić information content (AvgIpc) is 2.55. The van der Waals surface area contributed by atoms with Gasteiger partial charge in [0.05, 0.1) is 0 Å². The van der Waals surface area contributed by atoms with Crippen LogP contribution in [-0.4, -0.2) is 20.6 Å². The molecule has 0 radical (unpaired) electrons. The number of imidazole rings is 1. The van der Waals surface area contributed by atoms with E-state index in [2.05, 4.69) is 20.9 Å². The second-order valence-electron chi connectivity index (χ2n) is 3.81. The van der Waals surface area contributed by atoms with E-state index in [1.54, 1.807) is 11.6 Å². The fourth-order valence-electron chi connectivity index (χ4n) is 1.66. The van der Waals surface area contributed by atoms with Gasteiger partial charge in [0, 0.05) is 12.6 Å². The Balaban J connectivity index is 2.57. The molecular weight excluding hydrogens is 284 g/mol. The highest BCUT2D eigenvalue weighted by Crippen LogP contribution is 2.25. The zero-order chi connectivity index (χ0) is 12.6. The smallest absolute Gasteiger partial charge is 0.355 e. The minimum absolute atomic E-state index is 0.153. The van der Waals surface area contributed by atoms with Gasteiger partial charge in [-0.05, 0) is 22.9 Å². The van der Waals surface area contributed by atoms with Crippen LogP contribution < -0.4 is 0 Å². The molecule has 0 unspecified atom stereocenters. The lowest BCUT2D eigenvalue weighted by atomic mass is 10.1. The van der Waals surface area contributed by atoms with E-state index in [0.29, 0.717) is 10.4 Å². The quantitative estimate of drug-likeness (QED) is 0.927.